The van der Waals surface area contributed by atoms with Gasteiger partial charge in [0.2, 0.25) is 11.8 Å². The summed E-state index contributed by atoms with van der Waals surface area (Å²) in [6.07, 6.45) is 2.29. The summed E-state index contributed by atoms with van der Waals surface area (Å²) in [6.45, 7) is 4.33. The van der Waals surface area contributed by atoms with E-state index in [2.05, 4.69) is 10.3 Å². The molecule has 1 aromatic carbocycles. The SMILES string of the molecule is COc1ccc(C2C(C(=O)NCc3cc(C)nc(C)c3)CC(=O)N2C2CC2)cc1. The van der Waals surface area contributed by atoms with E-state index in [1.54, 1.807) is 7.11 Å². The Bertz CT molecular complexity index is 901. The van der Waals surface area contributed by atoms with Gasteiger partial charge in [-0.05, 0) is 62.1 Å². The summed E-state index contributed by atoms with van der Waals surface area (Å²) in [5.41, 5.74) is 3.87. The highest BCUT2D eigenvalue weighted by molar-refractivity contribution is 5.90. The molecule has 2 unspecified atom stereocenters. The molecule has 6 nitrogen and oxygen atoms in total. The largest absolute Gasteiger partial charge is 0.497 e. The number of methoxy groups -OCH3 is 1. The van der Waals surface area contributed by atoms with Crippen LogP contribution in [0.3, 0.4) is 0 Å². The number of nitrogens with zero attached hydrogens (tertiary/aromatic N) is 2. The van der Waals surface area contributed by atoms with Crippen molar-refractivity contribution in [1.82, 2.24) is 15.2 Å². The predicted octanol–water partition coefficient (Wildman–Crippen LogP) is 3.08. The molecule has 0 spiro atoms. The zero-order valence-electron chi connectivity index (χ0n) is 17.1. The Balaban J connectivity index is 1.54. The molecule has 2 amide bonds. The van der Waals surface area contributed by atoms with Crippen molar-refractivity contribution in [3.63, 3.8) is 0 Å². The van der Waals surface area contributed by atoms with Crippen LogP contribution in [0.15, 0.2) is 36.4 Å². The molecule has 6 heteroatoms. The molecule has 1 aliphatic heterocycles. The number of pyridine rings is 1. The number of carbonyl (C=O) groups excluding carboxylic acids is 2. The second-order valence-electron chi connectivity index (χ2n) is 8.04. The molecule has 1 aromatic heterocycles. The molecule has 0 bridgehead atoms. The van der Waals surface area contributed by atoms with Crippen LogP contribution in [0.5, 0.6) is 5.75 Å². The Hall–Kier alpha value is -2.89. The Morgan fingerprint density at radius 2 is 1.83 bits per heavy atom. The second kappa shape index (κ2) is 7.85. The minimum Gasteiger partial charge on any atom is -0.497 e. The number of nitrogens with one attached hydrogen (secondary N) is 1. The first-order valence-electron chi connectivity index (χ1n) is 10.1. The van der Waals surface area contributed by atoms with Crippen LogP contribution in [-0.4, -0.2) is 34.8 Å². The summed E-state index contributed by atoms with van der Waals surface area (Å²) in [6, 6.07) is 11.7. The van der Waals surface area contributed by atoms with Crippen LogP contribution < -0.4 is 10.1 Å². The first-order chi connectivity index (χ1) is 14.0. The average molecular weight is 393 g/mol. The van der Waals surface area contributed by atoms with Gasteiger partial charge >= 0.3 is 0 Å². The summed E-state index contributed by atoms with van der Waals surface area (Å²) in [7, 11) is 1.63. The number of aromatic nitrogens is 1. The molecule has 2 atom stereocenters. The third kappa shape index (κ3) is 4.11. The fourth-order valence-corrected chi connectivity index (χ4v) is 4.31. The van der Waals surface area contributed by atoms with Gasteiger partial charge in [0.15, 0.2) is 0 Å². The van der Waals surface area contributed by atoms with Gasteiger partial charge in [-0.25, -0.2) is 0 Å². The van der Waals surface area contributed by atoms with Crippen molar-refractivity contribution in [3.05, 3.63) is 58.9 Å². The normalized spacial score (nSPS) is 21.3. The molecule has 1 aliphatic carbocycles. The van der Waals surface area contributed by atoms with Gasteiger partial charge < -0.3 is 15.0 Å². The highest BCUT2D eigenvalue weighted by atomic mass is 16.5. The minimum absolute atomic E-state index is 0.0732. The molecule has 2 heterocycles. The van der Waals surface area contributed by atoms with Crippen molar-refractivity contribution in [3.8, 4) is 5.75 Å². The number of rotatable bonds is 6. The fourth-order valence-electron chi connectivity index (χ4n) is 4.31. The second-order valence-corrected chi connectivity index (χ2v) is 8.04. The van der Waals surface area contributed by atoms with E-state index in [0.29, 0.717) is 6.54 Å². The van der Waals surface area contributed by atoms with Crippen molar-refractivity contribution in [2.24, 2.45) is 5.92 Å². The van der Waals surface area contributed by atoms with Gasteiger partial charge in [0.1, 0.15) is 5.75 Å². The van der Waals surface area contributed by atoms with Gasteiger partial charge in [0.05, 0.1) is 19.1 Å². The average Bonchev–Trinajstić information content (AvgIpc) is 3.47. The molecule has 152 valence electrons. The Kier molecular flexibility index (Phi) is 5.26. The molecule has 2 fully saturated rings. The monoisotopic (exact) mass is 393 g/mol. The van der Waals surface area contributed by atoms with E-state index in [9.17, 15) is 9.59 Å². The Morgan fingerprint density at radius 1 is 1.17 bits per heavy atom. The Morgan fingerprint density at radius 3 is 2.41 bits per heavy atom. The lowest BCUT2D eigenvalue weighted by Crippen LogP contribution is -2.36. The van der Waals surface area contributed by atoms with Gasteiger partial charge in [0.25, 0.3) is 0 Å². The molecule has 1 saturated heterocycles. The highest BCUT2D eigenvalue weighted by Crippen LogP contribution is 2.45. The van der Waals surface area contributed by atoms with Crippen LogP contribution in [0.1, 0.15) is 47.8 Å². The molecule has 4 rings (SSSR count). The fraction of sp³-hybridized carbons (Fsp3) is 0.435. The highest BCUT2D eigenvalue weighted by Gasteiger charge is 2.49. The molecule has 0 radical (unpaired) electrons. The van der Waals surface area contributed by atoms with Crippen LogP contribution in [0.4, 0.5) is 0 Å². The van der Waals surface area contributed by atoms with E-state index in [1.165, 1.54) is 0 Å². The standard InChI is InChI=1S/C23H27N3O3/c1-14-10-16(11-15(2)25-14)13-24-23(28)20-12-21(27)26(18-6-7-18)22(20)17-4-8-19(29-3)9-5-17/h4-5,8-11,18,20,22H,6-7,12-13H2,1-3H3,(H,24,28). The zero-order chi connectivity index (χ0) is 20.5. The van der Waals surface area contributed by atoms with Crippen molar-refractivity contribution >= 4 is 11.8 Å². The van der Waals surface area contributed by atoms with Gasteiger partial charge in [-0.3, -0.25) is 14.6 Å². The summed E-state index contributed by atoms with van der Waals surface area (Å²) in [5.74, 6) is 0.375. The number of hydrogen-bond acceptors (Lipinski definition) is 4. The van der Waals surface area contributed by atoms with Gasteiger partial charge in [0, 0.05) is 30.4 Å². The number of amides is 2. The molecular formula is C23H27N3O3. The molecule has 1 N–H and O–H groups in total. The maximum atomic E-state index is 13.1. The molecule has 2 aliphatic rings. The van der Waals surface area contributed by atoms with Crippen molar-refractivity contribution in [2.75, 3.05) is 7.11 Å². The summed E-state index contributed by atoms with van der Waals surface area (Å²) < 4.78 is 5.26. The summed E-state index contributed by atoms with van der Waals surface area (Å²) in [5, 5.41) is 3.05. The molecular weight excluding hydrogens is 366 g/mol. The van der Waals surface area contributed by atoms with E-state index in [4.69, 9.17) is 4.74 Å². The number of benzene rings is 1. The van der Waals surface area contributed by atoms with Crippen molar-refractivity contribution in [2.45, 2.75) is 51.7 Å². The first-order valence-corrected chi connectivity index (χ1v) is 10.1. The van der Waals surface area contributed by atoms with Crippen LogP contribution in [0.25, 0.3) is 0 Å². The zero-order valence-corrected chi connectivity index (χ0v) is 17.1. The van der Waals surface area contributed by atoms with E-state index in [-0.39, 0.29) is 36.2 Å². The van der Waals surface area contributed by atoms with Gasteiger partial charge in [-0.1, -0.05) is 12.1 Å². The van der Waals surface area contributed by atoms with Crippen LogP contribution >= 0.6 is 0 Å². The van der Waals surface area contributed by atoms with Gasteiger partial charge in [-0.2, -0.15) is 0 Å². The van der Waals surface area contributed by atoms with Crippen molar-refractivity contribution < 1.29 is 14.3 Å². The van der Waals surface area contributed by atoms with E-state index in [1.807, 2.05) is 55.1 Å². The van der Waals surface area contributed by atoms with E-state index < -0.39 is 0 Å². The molecule has 29 heavy (non-hydrogen) atoms. The van der Waals surface area contributed by atoms with Crippen LogP contribution in [0.2, 0.25) is 0 Å². The number of carbonyl (C=O) groups is 2. The third-order valence-corrected chi connectivity index (χ3v) is 5.71. The maximum absolute atomic E-state index is 13.1. The number of hydrogen-bond donors (Lipinski definition) is 1. The van der Waals surface area contributed by atoms with Gasteiger partial charge in [-0.15, -0.1) is 0 Å². The van der Waals surface area contributed by atoms with E-state index in [0.717, 1.165) is 41.1 Å². The lowest BCUT2D eigenvalue weighted by atomic mass is 9.92. The molecule has 1 saturated carbocycles. The number of aryl methyl sites for hydroxylation is 2. The van der Waals surface area contributed by atoms with Crippen LogP contribution in [-0.2, 0) is 16.1 Å². The number of ether oxygens (including phenoxy) is 1. The molecule has 2 aromatic rings. The Labute approximate surface area is 171 Å². The minimum atomic E-state index is -0.388. The lowest BCUT2D eigenvalue weighted by Gasteiger charge is -2.28. The van der Waals surface area contributed by atoms with Crippen LogP contribution in [0, 0.1) is 19.8 Å². The summed E-state index contributed by atoms with van der Waals surface area (Å²) in [4.78, 5) is 32.2. The lowest BCUT2D eigenvalue weighted by molar-refractivity contribution is -0.129. The predicted molar refractivity (Wildman–Crippen MR) is 109 cm³/mol. The number of likely N-dealkylation sites (tertiary alicyclic amines) is 1. The quantitative estimate of drug-likeness (QED) is 0.819. The summed E-state index contributed by atoms with van der Waals surface area (Å²) >= 11 is 0. The topological polar surface area (TPSA) is 71.5 Å². The smallest absolute Gasteiger partial charge is 0.226 e. The first kappa shape index (κ1) is 19.4. The third-order valence-electron chi connectivity index (χ3n) is 5.71. The van der Waals surface area contributed by atoms with Crippen molar-refractivity contribution in [1.29, 1.82) is 0 Å². The van der Waals surface area contributed by atoms with E-state index >= 15 is 0 Å². The maximum Gasteiger partial charge on any atom is 0.226 e.